The molecular formula is C21H19N5OS. The lowest BCUT2D eigenvalue weighted by atomic mass is 10.1. The first-order valence-corrected chi connectivity index (χ1v) is 10.1. The van der Waals surface area contributed by atoms with E-state index in [9.17, 15) is 4.79 Å². The smallest absolute Gasteiger partial charge is 0.234 e. The number of carbonyl (C=O) groups excluding carboxylic acids is 1. The number of thioether (sulfide) groups is 1. The van der Waals surface area contributed by atoms with Crippen LogP contribution < -0.4 is 5.32 Å². The predicted octanol–water partition coefficient (Wildman–Crippen LogP) is 3.94. The topological polar surface area (TPSA) is 83.6 Å². The van der Waals surface area contributed by atoms with E-state index in [1.165, 1.54) is 11.8 Å². The molecule has 0 radical (unpaired) electrons. The van der Waals surface area contributed by atoms with E-state index in [0.717, 1.165) is 40.8 Å². The quantitative estimate of drug-likeness (QED) is 0.619. The summed E-state index contributed by atoms with van der Waals surface area (Å²) >= 11 is 1.38. The molecule has 3 aromatic rings. The van der Waals surface area contributed by atoms with Crippen LogP contribution in [0, 0.1) is 11.3 Å². The highest BCUT2D eigenvalue weighted by Gasteiger charge is 2.31. The number of aromatic nitrogens is 3. The standard InChI is InChI=1S/C21H19N5OS/c22-13-12-15-6-10-17(11-7-15)23-19(27)14-28-21-25-24-20(16-8-9-16)26(21)18-4-2-1-3-5-18/h1-7,10-11,16H,8-9,12,14H2,(H,23,27). The van der Waals surface area contributed by atoms with Crippen LogP contribution in [-0.2, 0) is 11.2 Å². The van der Waals surface area contributed by atoms with Crippen LogP contribution in [0.25, 0.3) is 5.69 Å². The third-order valence-electron chi connectivity index (χ3n) is 4.47. The highest BCUT2D eigenvalue weighted by atomic mass is 32.2. The largest absolute Gasteiger partial charge is 0.325 e. The maximum Gasteiger partial charge on any atom is 0.234 e. The Kier molecular flexibility index (Phi) is 5.40. The number of hydrogen-bond acceptors (Lipinski definition) is 5. The van der Waals surface area contributed by atoms with Crippen molar-refractivity contribution >= 4 is 23.4 Å². The van der Waals surface area contributed by atoms with Crippen LogP contribution in [-0.4, -0.2) is 26.4 Å². The minimum atomic E-state index is -0.103. The van der Waals surface area contributed by atoms with E-state index < -0.39 is 0 Å². The molecule has 1 aliphatic carbocycles. The van der Waals surface area contributed by atoms with Crippen molar-refractivity contribution in [1.82, 2.24) is 14.8 Å². The summed E-state index contributed by atoms with van der Waals surface area (Å²) in [5.41, 5.74) is 2.67. The molecule has 1 fully saturated rings. The van der Waals surface area contributed by atoms with Crippen molar-refractivity contribution in [1.29, 1.82) is 5.26 Å². The SMILES string of the molecule is N#CCc1ccc(NC(=O)CSc2nnc(C3CC3)n2-c2ccccc2)cc1. The van der Waals surface area contributed by atoms with E-state index >= 15 is 0 Å². The van der Waals surface area contributed by atoms with Gasteiger partial charge in [-0.1, -0.05) is 42.1 Å². The molecule has 1 N–H and O–H groups in total. The lowest BCUT2D eigenvalue weighted by Crippen LogP contribution is -2.14. The fraction of sp³-hybridized carbons (Fsp3) is 0.238. The van der Waals surface area contributed by atoms with Gasteiger partial charge in [-0.25, -0.2) is 0 Å². The Balaban J connectivity index is 1.43. The van der Waals surface area contributed by atoms with Crippen molar-refractivity contribution in [2.24, 2.45) is 0 Å². The Morgan fingerprint density at radius 3 is 2.57 bits per heavy atom. The molecule has 0 atom stereocenters. The molecule has 28 heavy (non-hydrogen) atoms. The van der Waals surface area contributed by atoms with Gasteiger partial charge in [0.2, 0.25) is 5.91 Å². The zero-order chi connectivity index (χ0) is 19.3. The van der Waals surface area contributed by atoms with Crippen LogP contribution in [0.1, 0.15) is 30.1 Å². The van der Waals surface area contributed by atoms with E-state index in [1.807, 2.05) is 54.6 Å². The van der Waals surface area contributed by atoms with Crippen LogP contribution in [0.3, 0.4) is 0 Å². The van der Waals surface area contributed by atoms with Crippen molar-refractivity contribution in [2.75, 3.05) is 11.1 Å². The zero-order valence-corrected chi connectivity index (χ0v) is 16.0. The van der Waals surface area contributed by atoms with Crippen LogP contribution in [0.4, 0.5) is 5.69 Å². The first-order chi connectivity index (χ1) is 13.7. The van der Waals surface area contributed by atoms with Crippen LogP contribution in [0.2, 0.25) is 0 Å². The van der Waals surface area contributed by atoms with Gasteiger partial charge in [0, 0.05) is 17.3 Å². The number of benzene rings is 2. The number of rotatable bonds is 7. The number of para-hydroxylation sites is 1. The molecule has 140 valence electrons. The van der Waals surface area contributed by atoms with E-state index in [1.54, 1.807) is 0 Å². The van der Waals surface area contributed by atoms with Gasteiger partial charge in [-0.15, -0.1) is 10.2 Å². The van der Waals surface area contributed by atoms with Crippen molar-refractivity contribution in [2.45, 2.75) is 30.3 Å². The predicted molar refractivity (Wildman–Crippen MR) is 108 cm³/mol. The Morgan fingerprint density at radius 1 is 1.14 bits per heavy atom. The summed E-state index contributed by atoms with van der Waals surface area (Å²) in [4.78, 5) is 12.4. The molecule has 0 spiro atoms. The fourth-order valence-electron chi connectivity index (χ4n) is 2.92. The second-order valence-electron chi connectivity index (χ2n) is 6.65. The minimum Gasteiger partial charge on any atom is -0.325 e. The molecule has 1 amide bonds. The summed E-state index contributed by atoms with van der Waals surface area (Å²) in [6.07, 6.45) is 2.64. The van der Waals surface area contributed by atoms with E-state index in [4.69, 9.17) is 5.26 Å². The number of nitriles is 1. The molecule has 1 heterocycles. The summed E-state index contributed by atoms with van der Waals surface area (Å²) in [5.74, 6) is 1.58. The van der Waals surface area contributed by atoms with Gasteiger partial charge in [0.1, 0.15) is 5.82 Å². The Bertz CT molecular complexity index is 1000. The molecular weight excluding hydrogens is 370 g/mol. The number of carbonyl (C=O) groups is 1. The third kappa shape index (κ3) is 4.24. The van der Waals surface area contributed by atoms with E-state index in [0.29, 0.717) is 12.3 Å². The molecule has 0 bridgehead atoms. The minimum absolute atomic E-state index is 0.103. The molecule has 4 rings (SSSR count). The van der Waals surface area contributed by atoms with Crippen LogP contribution >= 0.6 is 11.8 Å². The summed E-state index contributed by atoms with van der Waals surface area (Å²) in [6, 6.07) is 19.4. The second kappa shape index (κ2) is 8.28. The number of nitrogens with zero attached hydrogens (tertiary/aromatic N) is 4. The first-order valence-electron chi connectivity index (χ1n) is 9.14. The maximum atomic E-state index is 12.4. The Morgan fingerprint density at radius 2 is 1.89 bits per heavy atom. The number of anilines is 1. The maximum absolute atomic E-state index is 12.4. The van der Waals surface area contributed by atoms with Gasteiger partial charge in [-0.2, -0.15) is 5.26 Å². The third-order valence-corrected chi connectivity index (χ3v) is 5.40. The van der Waals surface area contributed by atoms with Gasteiger partial charge in [-0.05, 0) is 42.7 Å². The average molecular weight is 389 g/mol. The molecule has 0 unspecified atom stereocenters. The Hall–Kier alpha value is -3.11. The van der Waals surface area contributed by atoms with E-state index in [-0.39, 0.29) is 11.7 Å². The van der Waals surface area contributed by atoms with Gasteiger partial charge >= 0.3 is 0 Å². The van der Waals surface area contributed by atoms with Gasteiger partial charge in [0.15, 0.2) is 5.16 Å². The van der Waals surface area contributed by atoms with Crippen molar-refractivity contribution in [3.63, 3.8) is 0 Å². The molecule has 2 aromatic carbocycles. The molecule has 0 aliphatic heterocycles. The van der Waals surface area contributed by atoms with Gasteiger partial charge in [0.05, 0.1) is 18.2 Å². The molecule has 0 saturated heterocycles. The van der Waals surface area contributed by atoms with Crippen molar-refractivity contribution < 1.29 is 4.79 Å². The molecule has 1 aliphatic rings. The first kappa shape index (κ1) is 18.3. The van der Waals surface area contributed by atoms with Crippen molar-refractivity contribution in [3.8, 4) is 11.8 Å². The highest BCUT2D eigenvalue weighted by molar-refractivity contribution is 7.99. The summed E-state index contributed by atoms with van der Waals surface area (Å²) in [6.45, 7) is 0. The summed E-state index contributed by atoms with van der Waals surface area (Å²) < 4.78 is 2.06. The average Bonchev–Trinajstić information content (AvgIpc) is 3.48. The summed E-state index contributed by atoms with van der Waals surface area (Å²) in [7, 11) is 0. The van der Waals surface area contributed by atoms with Crippen LogP contribution in [0.5, 0.6) is 0 Å². The lowest BCUT2D eigenvalue weighted by Gasteiger charge is -2.10. The molecule has 1 saturated carbocycles. The molecule has 1 aromatic heterocycles. The second-order valence-corrected chi connectivity index (χ2v) is 7.60. The number of nitrogens with one attached hydrogen (secondary N) is 1. The normalized spacial score (nSPS) is 13.1. The number of amides is 1. The van der Waals surface area contributed by atoms with Gasteiger partial charge in [0.25, 0.3) is 0 Å². The van der Waals surface area contributed by atoms with Crippen LogP contribution in [0.15, 0.2) is 59.8 Å². The monoisotopic (exact) mass is 389 g/mol. The van der Waals surface area contributed by atoms with Gasteiger partial charge < -0.3 is 5.32 Å². The highest BCUT2D eigenvalue weighted by Crippen LogP contribution is 2.41. The molecule has 7 heteroatoms. The zero-order valence-electron chi connectivity index (χ0n) is 15.2. The summed E-state index contributed by atoms with van der Waals surface area (Å²) in [5, 5.41) is 21.0. The fourth-order valence-corrected chi connectivity index (χ4v) is 3.68. The van der Waals surface area contributed by atoms with Crippen molar-refractivity contribution in [3.05, 3.63) is 66.0 Å². The Labute approximate surface area is 167 Å². The molecule has 6 nitrogen and oxygen atoms in total. The number of hydrogen-bond donors (Lipinski definition) is 1. The van der Waals surface area contributed by atoms with E-state index in [2.05, 4.69) is 26.2 Å². The lowest BCUT2D eigenvalue weighted by molar-refractivity contribution is -0.113. The van der Waals surface area contributed by atoms with Gasteiger partial charge in [-0.3, -0.25) is 9.36 Å².